The zero-order valence-corrected chi connectivity index (χ0v) is 26.0. The molecule has 0 radical (unpaired) electrons. The van der Waals surface area contributed by atoms with Gasteiger partial charge in [0, 0.05) is 15.9 Å². The number of hydrogen-bond acceptors (Lipinski definition) is 1. The van der Waals surface area contributed by atoms with E-state index in [4.69, 9.17) is 0 Å². The van der Waals surface area contributed by atoms with Gasteiger partial charge in [-0.1, -0.05) is 158 Å². The molecule has 1 nitrogen and oxygen atoms in total. The lowest BCUT2D eigenvalue weighted by molar-refractivity contribution is 0.592. The van der Waals surface area contributed by atoms with Gasteiger partial charge < -0.3 is 4.57 Å². The Morgan fingerprint density at radius 2 is 0.674 bits per heavy atom. The van der Waals surface area contributed by atoms with Gasteiger partial charge in [-0.3, -0.25) is 0 Å². The predicted molar refractivity (Wildman–Crippen MR) is 199 cm³/mol. The summed E-state index contributed by atoms with van der Waals surface area (Å²) in [4.78, 5) is 0. The van der Waals surface area contributed by atoms with Crippen molar-refractivity contribution in [1.29, 1.82) is 0 Å². The van der Waals surface area contributed by atoms with Crippen LogP contribution >= 0.6 is 7.14 Å². The zero-order chi connectivity index (χ0) is 30.7. The van der Waals surface area contributed by atoms with E-state index in [-0.39, 0.29) is 0 Å². The van der Waals surface area contributed by atoms with Crippen LogP contribution in [0.2, 0.25) is 0 Å². The quantitative estimate of drug-likeness (QED) is 0.144. The van der Waals surface area contributed by atoms with Gasteiger partial charge in [-0.25, -0.2) is 0 Å². The molecule has 2 heteroatoms. The fourth-order valence-corrected chi connectivity index (χ4v) is 9.82. The minimum Gasteiger partial charge on any atom is -0.309 e. The summed E-state index contributed by atoms with van der Waals surface area (Å²) in [6.07, 6.45) is 0. The third-order valence-corrected chi connectivity index (χ3v) is 12.5. The summed E-state index contributed by atoms with van der Waals surface area (Å²) in [7, 11) is -3.20. The first kappa shape index (κ1) is 26.9. The van der Waals surface area contributed by atoms with E-state index in [0.717, 1.165) is 48.6 Å². The molecular formula is C44H29OP. The summed E-state index contributed by atoms with van der Waals surface area (Å²) in [6, 6.07) is 61.6. The van der Waals surface area contributed by atoms with E-state index in [9.17, 15) is 0 Å². The first-order chi connectivity index (χ1) is 22.7. The fourth-order valence-electron chi connectivity index (χ4n) is 7.14. The second-order valence-electron chi connectivity index (χ2n) is 12.1. The lowest BCUT2D eigenvalue weighted by Gasteiger charge is -2.21. The molecule has 0 saturated carbocycles. The van der Waals surface area contributed by atoms with Crippen molar-refractivity contribution in [3.8, 4) is 11.1 Å². The Kier molecular flexibility index (Phi) is 6.17. The largest absolute Gasteiger partial charge is 0.309 e. The molecule has 0 N–H and O–H groups in total. The Morgan fingerprint density at radius 1 is 0.283 bits per heavy atom. The molecule has 0 aliphatic heterocycles. The highest BCUT2D eigenvalue weighted by atomic mass is 31.2. The molecule has 0 spiro atoms. The van der Waals surface area contributed by atoms with Gasteiger partial charge in [-0.2, -0.15) is 0 Å². The van der Waals surface area contributed by atoms with E-state index >= 15 is 4.57 Å². The van der Waals surface area contributed by atoms with Crippen molar-refractivity contribution in [3.63, 3.8) is 0 Å². The highest BCUT2D eigenvalue weighted by Gasteiger charge is 2.30. The minimum atomic E-state index is -3.20. The third kappa shape index (κ3) is 4.21. The summed E-state index contributed by atoms with van der Waals surface area (Å²) < 4.78 is 15.6. The lowest BCUT2D eigenvalue weighted by Crippen LogP contribution is -2.25. The van der Waals surface area contributed by atoms with Crippen molar-refractivity contribution in [2.24, 2.45) is 0 Å². The lowest BCUT2D eigenvalue weighted by atomic mass is 9.92. The van der Waals surface area contributed by atoms with E-state index in [2.05, 4.69) is 140 Å². The molecule has 9 rings (SSSR count). The second kappa shape index (κ2) is 10.6. The highest BCUT2D eigenvalue weighted by Crippen LogP contribution is 2.44. The van der Waals surface area contributed by atoms with Gasteiger partial charge in [0.15, 0.2) is 7.14 Å². The Morgan fingerprint density at radius 3 is 1.20 bits per heavy atom. The topological polar surface area (TPSA) is 17.1 Å². The van der Waals surface area contributed by atoms with Crippen LogP contribution in [0.15, 0.2) is 176 Å². The van der Waals surface area contributed by atoms with E-state index < -0.39 is 7.14 Å². The Hall–Kier alpha value is -5.49. The van der Waals surface area contributed by atoms with Crippen LogP contribution in [-0.2, 0) is 4.57 Å². The summed E-state index contributed by atoms with van der Waals surface area (Å²) >= 11 is 0. The van der Waals surface area contributed by atoms with Crippen LogP contribution in [-0.4, -0.2) is 0 Å². The minimum absolute atomic E-state index is 0.832. The van der Waals surface area contributed by atoms with Crippen molar-refractivity contribution in [1.82, 2.24) is 0 Å². The Labute approximate surface area is 267 Å². The smallest absolute Gasteiger partial charge is 0.171 e. The standard InChI is InChI=1S/C44H29OP/c45-46(37-24-19-30-9-1-3-11-33(30)27-37,38-25-20-31-10-2-4-12-34(31)28-38)36-22-17-32(18-23-36)35-21-26-43-41-15-6-5-13-39(41)40-14-7-8-16-42(40)44(43)29-35/h1-29H. The van der Waals surface area contributed by atoms with Gasteiger partial charge >= 0.3 is 0 Å². The maximum atomic E-state index is 15.6. The van der Waals surface area contributed by atoms with Crippen molar-refractivity contribution < 1.29 is 4.57 Å². The number of rotatable bonds is 4. The fraction of sp³-hybridized carbons (Fsp3) is 0. The number of fused-ring (bicyclic) bond motifs is 8. The van der Waals surface area contributed by atoms with E-state index in [0.29, 0.717) is 0 Å². The van der Waals surface area contributed by atoms with Crippen LogP contribution in [0.5, 0.6) is 0 Å². The first-order valence-electron chi connectivity index (χ1n) is 15.7. The van der Waals surface area contributed by atoms with Crippen molar-refractivity contribution in [2.75, 3.05) is 0 Å². The van der Waals surface area contributed by atoms with Crippen LogP contribution in [0.25, 0.3) is 65.0 Å². The van der Waals surface area contributed by atoms with Gasteiger partial charge in [0.2, 0.25) is 0 Å². The summed E-state index contributed by atoms with van der Waals surface area (Å²) in [5.41, 5.74) is 2.25. The molecule has 0 heterocycles. The van der Waals surface area contributed by atoms with Gasteiger partial charge in [0.25, 0.3) is 0 Å². The van der Waals surface area contributed by atoms with Crippen LogP contribution in [0.3, 0.4) is 0 Å². The molecule has 216 valence electrons. The molecule has 0 atom stereocenters. The molecule has 0 unspecified atom stereocenters. The van der Waals surface area contributed by atoms with Crippen LogP contribution in [0.1, 0.15) is 0 Å². The van der Waals surface area contributed by atoms with Crippen molar-refractivity contribution >= 4 is 76.9 Å². The Bertz CT molecular complexity index is 2550. The van der Waals surface area contributed by atoms with E-state index in [1.54, 1.807) is 0 Å². The molecule has 0 aliphatic carbocycles. The monoisotopic (exact) mass is 604 g/mol. The zero-order valence-electron chi connectivity index (χ0n) is 25.1. The van der Waals surface area contributed by atoms with Crippen LogP contribution in [0.4, 0.5) is 0 Å². The van der Waals surface area contributed by atoms with Crippen molar-refractivity contribution in [2.45, 2.75) is 0 Å². The molecule has 0 aliphatic rings. The average Bonchev–Trinajstić information content (AvgIpc) is 3.14. The molecule has 9 aromatic carbocycles. The van der Waals surface area contributed by atoms with Gasteiger partial charge in [-0.05, 0) is 83.2 Å². The Balaban J connectivity index is 1.21. The molecule has 46 heavy (non-hydrogen) atoms. The molecule has 0 fully saturated rings. The number of benzene rings is 9. The van der Waals surface area contributed by atoms with E-state index in [1.165, 1.54) is 32.3 Å². The first-order valence-corrected chi connectivity index (χ1v) is 17.4. The molecule has 9 aromatic rings. The van der Waals surface area contributed by atoms with Gasteiger partial charge in [-0.15, -0.1) is 0 Å². The normalized spacial score (nSPS) is 12.0. The van der Waals surface area contributed by atoms with Crippen LogP contribution in [0, 0.1) is 0 Å². The summed E-state index contributed by atoms with van der Waals surface area (Å²) in [5, 5.41) is 14.6. The molecule has 0 bridgehead atoms. The molecule has 0 saturated heterocycles. The third-order valence-electron chi connectivity index (χ3n) is 9.50. The average molecular weight is 605 g/mol. The maximum absolute atomic E-state index is 15.6. The van der Waals surface area contributed by atoms with Crippen molar-refractivity contribution in [3.05, 3.63) is 176 Å². The summed E-state index contributed by atoms with van der Waals surface area (Å²) in [6.45, 7) is 0. The number of hydrogen-bond donors (Lipinski definition) is 0. The molecular weight excluding hydrogens is 575 g/mol. The van der Waals surface area contributed by atoms with Gasteiger partial charge in [0.1, 0.15) is 0 Å². The highest BCUT2D eigenvalue weighted by molar-refractivity contribution is 7.85. The second-order valence-corrected chi connectivity index (χ2v) is 14.8. The SMILES string of the molecule is O=P(c1ccc(-c2ccc3c4ccccc4c4ccccc4c3c2)cc1)(c1ccc2ccccc2c1)c1ccc2ccccc2c1. The predicted octanol–water partition coefficient (Wildman–Crippen LogP) is 10.8. The molecule has 0 aromatic heterocycles. The molecule has 0 amide bonds. The van der Waals surface area contributed by atoms with Crippen LogP contribution < -0.4 is 15.9 Å². The van der Waals surface area contributed by atoms with E-state index in [1.807, 2.05) is 36.4 Å². The summed E-state index contributed by atoms with van der Waals surface area (Å²) in [5.74, 6) is 0. The maximum Gasteiger partial charge on any atom is 0.171 e. The van der Waals surface area contributed by atoms with Gasteiger partial charge in [0.05, 0.1) is 0 Å².